The molecule has 0 aromatic heterocycles. The van der Waals surface area contributed by atoms with Gasteiger partial charge in [-0.15, -0.1) is 0 Å². The number of rotatable bonds is 2. The first-order chi connectivity index (χ1) is 8.42. The Morgan fingerprint density at radius 3 is 2.61 bits per heavy atom. The lowest BCUT2D eigenvalue weighted by molar-refractivity contribution is 0.0515. The van der Waals surface area contributed by atoms with Crippen LogP contribution in [0.15, 0.2) is 18.2 Å². The van der Waals surface area contributed by atoms with E-state index in [2.05, 4.69) is 24.1 Å². The van der Waals surface area contributed by atoms with Gasteiger partial charge in [-0.1, -0.05) is 6.07 Å². The van der Waals surface area contributed by atoms with Crippen molar-refractivity contribution in [2.75, 3.05) is 19.6 Å². The van der Waals surface area contributed by atoms with Crippen molar-refractivity contribution in [1.29, 1.82) is 0 Å². The van der Waals surface area contributed by atoms with Gasteiger partial charge >= 0.3 is 0 Å². The minimum atomic E-state index is -0.787. The molecule has 0 radical (unpaired) electrons. The smallest absolute Gasteiger partial charge is 0.159 e. The Labute approximate surface area is 107 Å². The maximum Gasteiger partial charge on any atom is 0.159 e. The van der Waals surface area contributed by atoms with Gasteiger partial charge in [0.1, 0.15) is 0 Å². The molecular formula is C14H20F2N2. The molecule has 0 amide bonds. The van der Waals surface area contributed by atoms with E-state index in [1.165, 1.54) is 12.1 Å². The molecule has 2 nitrogen and oxygen atoms in total. The SMILES string of the molecule is CC(c1ccc(F)c(F)c1)N1CCNCC1(C)C. The molecule has 0 aliphatic carbocycles. The molecule has 1 aliphatic heterocycles. The van der Waals surface area contributed by atoms with Gasteiger partial charge in [0.25, 0.3) is 0 Å². The summed E-state index contributed by atoms with van der Waals surface area (Å²) in [6.07, 6.45) is 0. The molecule has 18 heavy (non-hydrogen) atoms. The summed E-state index contributed by atoms with van der Waals surface area (Å²) in [5.74, 6) is -1.56. The summed E-state index contributed by atoms with van der Waals surface area (Å²) in [6, 6.07) is 4.26. The third kappa shape index (κ3) is 2.54. The van der Waals surface area contributed by atoms with E-state index in [-0.39, 0.29) is 11.6 Å². The Morgan fingerprint density at radius 2 is 2.00 bits per heavy atom. The average Bonchev–Trinajstić information content (AvgIpc) is 2.31. The van der Waals surface area contributed by atoms with Crippen molar-refractivity contribution >= 4 is 0 Å². The van der Waals surface area contributed by atoms with E-state index in [4.69, 9.17) is 0 Å². The fourth-order valence-corrected chi connectivity index (χ4v) is 2.67. The van der Waals surface area contributed by atoms with E-state index in [1.807, 2.05) is 6.92 Å². The molecule has 1 unspecified atom stereocenters. The number of hydrogen-bond acceptors (Lipinski definition) is 2. The largest absolute Gasteiger partial charge is 0.314 e. The maximum absolute atomic E-state index is 13.3. The lowest BCUT2D eigenvalue weighted by atomic mass is 9.95. The van der Waals surface area contributed by atoms with Gasteiger partial charge < -0.3 is 5.32 Å². The molecule has 0 spiro atoms. The fourth-order valence-electron chi connectivity index (χ4n) is 2.67. The molecule has 1 N–H and O–H groups in total. The summed E-state index contributed by atoms with van der Waals surface area (Å²) in [4.78, 5) is 2.33. The van der Waals surface area contributed by atoms with Crippen molar-refractivity contribution < 1.29 is 8.78 Å². The van der Waals surface area contributed by atoms with E-state index in [0.29, 0.717) is 0 Å². The molecule has 0 bridgehead atoms. The van der Waals surface area contributed by atoms with E-state index in [1.54, 1.807) is 6.07 Å². The topological polar surface area (TPSA) is 15.3 Å². The third-order valence-electron chi connectivity index (χ3n) is 3.76. The van der Waals surface area contributed by atoms with Crippen LogP contribution in [0.1, 0.15) is 32.4 Å². The molecular weight excluding hydrogens is 234 g/mol. The van der Waals surface area contributed by atoms with Crippen LogP contribution in [-0.2, 0) is 0 Å². The van der Waals surface area contributed by atoms with Gasteiger partial charge in [-0.3, -0.25) is 4.90 Å². The summed E-state index contributed by atoms with van der Waals surface area (Å²) in [5, 5.41) is 3.36. The number of benzene rings is 1. The molecule has 4 heteroatoms. The van der Waals surface area contributed by atoms with Crippen molar-refractivity contribution in [2.24, 2.45) is 0 Å². The highest BCUT2D eigenvalue weighted by molar-refractivity contribution is 5.21. The monoisotopic (exact) mass is 254 g/mol. The molecule has 100 valence electrons. The Morgan fingerprint density at radius 1 is 1.28 bits per heavy atom. The van der Waals surface area contributed by atoms with E-state index in [0.717, 1.165) is 25.2 Å². The maximum atomic E-state index is 13.3. The molecule has 2 rings (SSSR count). The second-order valence-electron chi connectivity index (χ2n) is 5.53. The molecule has 1 saturated heterocycles. The Kier molecular flexibility index (Phi) is 3.69. The number of nitrogens with one attached hydrogen (secondary N) is 1. The molecule has 1 aromatic rings. The minimum absolute atomic E-state index is 0.0164. The van der Waals surface area contributed by atoms with Crippen molar-refractivity contribution in [1.82, 2.24) is 10.2 Å². The summed E-state index contributed by atoms with van der Waals surface area (Å²) in [5.41, 5.74) is 0.839. The quantitative estimate of drug-likeness (QED) is 0.873. The molecule has 1 atom stereocenters. The van der Waals surface area contributed by atoms with E-state index in [9.17, 15) is 8.78 Å². The normalized spacial score (nSPS) is 21.8. The third-order valence-corrected chi connectivity index (χ3v) is 3.76. The predicted molar refractivity (Wildman–Crippen MR) is 68.4 cm³/mol. The Hall–Kier alpha value is -1.00. The number of hydrogen-bond donors (Lipinski definition) is 1. The number of nitrogens with zero attached hydrogens (tertiary/aromatic N) is 1. The van der Waals surface area contributed by atoms with Crippen LogP contribution in [0.5, 0.6) is 0 Å². The van der Waals surface area contributed by atoms with Crippen LogP contribution in [0.25, 0.3) is 0 Å². The van der Waals surface area contributed by atoms with Gasteiger partial charge in [0.05, 0.1) is 0 Å². The average molecular weight is 254 g/mol. The molecule has 0 saturated carbocycles. The lowest BCUT2D eigenvalue weighted by Crippen LogP contribution is -2.58. The molecule has 1 heterocycles. The second-order valence-corrected chi connectivity index (χ2v) is 5.53. The van der Waals surface area contributed by atoms with Crippen LogP contribution < -0.4 is 5.32 Å². The van der Waals surface area contributed by atoms with Gasteiger partial charge in [-0.05, 0) is 38.5 Å². The highest BCUT2D eigenvalue weighted by Crippen LogP contribution is 2.29. The summed E-state index contributed by atoms with van der Waals surface area (Å²) in [7, 11) is 0. The standard InChI is InChI=1S/C14H20F2N2/c1-10(11-4-5-12(15)13(16)8-11)18-7-6-17-9-14(18,2)3/h4-5,8,10,17H,6-7,9H2,1-3H3. The number of piperazine rings is 1. The molecule has 1 fully saturated rings. The minimum Gasteiger partial charge on any atom is -0.314 e. The van der Waals surface area contributed by atoms with Gasteiger partial charge in [-0.25, -0.2) is 8.78 Å². The number of halogens is 2. The second kappa shape index (κ2) is 4.94. The first-order valence-electron chi connectivity index (χ1n) is 6.34. The highest BCUT2D eigenvalue weighted by Gasteiger charge is 2.33. The van der Waals surface area contributed by atoms with E-state index < -0.39 is 11.6 Å². The zero-order valence-electron chi connectivity index (χ0n) is 11.1. The molecule has 1 aliphatic rings. The highest BCUT2D eigenvalue weighted by atomic mass is 19.2. The van der Waals surface area contributed by atoms with Crippen LogP contribution in [0.2, 0.25) is 0 Å². The van der Waals surface area contributed by atoms with Crippen molar-refractivity contribution in [2.45, 2.75) is 32.4 Å². The van der Waals surface area contributed by atoms with Gasteiger partial charge in [-0.2, -0.15) is 0 Å². The van der Waals surface area contributed by atoms with Crippen LogP contribution >= 0.6 is 0 Å². The van der Waals surface area contributed by atoms with Crippen molar-refractivity contribution in [3.8, 4) is 0 Å². The van der Waals surface area contributed by atoms with Crippen LogP contribution in [0.3, 0.4) is 0 Å². The van der Waals surface area contributed by atoms with Gasteiger partial charge in [0, 0.05) is 31.2 Å². The lowest BCUT2D eigenvalue weighted by Gasteiger charge is -2.46. The summed E-state index contributed by atoms with van der Waals surface area (Å²) >= 11 is 0. The summed E-state index contributed by atoms with van der Waals surface area (Å²) in [6.45, 7) is 9.11. The van der Waals surface area contributed by atoms with Crippen molar-refractivity contribution in [3.05, 3.63) is 35.4 Å². The van der Waals surface area contributed by atoms with E-state index >= 15 is 0 Å². The Balaban J connectivity index is 2.24. The van der Waals surface area contributed by atoms with Crippen LogP contribution in [-0.4, -0.2) is 30.1 Å². The van der Waals surface area contributed by atoms with Gasteiger partial charge in [0.2, 0.25) is 0 Å². The zero-order chi connectivity index (χ0) is 13.3. The summed E-state index contributed by atoms with van der Waals surface area (Å²) < 4.78 is 26.3. The first kappa shape index (κ1) is 13.4. The van der Waals surface area contributed by atoms with Crippen molar-refractivity contribution in [3.63, 3.8) is 0 Å². The zero-order valence-corrected chi connectivity index (χ0v) is 11.1. The fraction of sp³-hybridized carbons (Fsp3) is 0.571. The Bertz CT molecular complexity index is 432. The predicted octanol–water partition coefficient (Wildman–Crippen LogP) is 2.71. The molecule has 1 aromatic carbocycles. The van der Waals surface area contributed by atoms with Gasteiger partial charge in [0.15, 0.2) is 11.6 Å². The van der Waals surface area contributed by atoms with Crippen LogP contribution in [0, 0.1) is 11.6 Å². The first-order valence-corrected chi connectivity index (χ1v) is 6.34. The van der Waals surface area contributed by atoms with Crippen LogP contribution in [0.4, 0.5) is 8.78 Å².